The SMILES string of the molecule is CCNNC(=O)ON1CCOCC1. The van der Waals surface area contributed by atoms with E-state index in [2.05, 4.69) is 10.9 Å². The fourth-order valence-corrected chi connectivity index (χ4v) is 0.939. The zero-order chi connectivity index (χ0) is 9.52. The van der Waals surface area contributed by atoms with Gasteiger partial charge in [-0.2, -0.15) is 0 Å². The summed E-state index contributed by atoms with van der Waals surface area (Å²) in [6, 6.07) is 0. The third-order valence-corrected chi connectivity index (χ3v) is 1.55. The van der Waals surface area contributed by atoms with Gasteiger partial charge in [-0.15, -0.1) is 5.06 Å². The molecule has 13 heavy (non-hydrogen) atoms. The lowest BCUT2D eigenvalue weighted by molar-refractivity contribution is -0.146. The number of hydroxylamine groups is 2. The summed E-state index contributed by atoms with van der Waals surface area (Å²) in [6.07, 6.45) is -0.483. The average Bonchev–Trinajstić information content (AvgIpc) is 2.16. The molecule has 0 spiro atoms. The number of ether oxygens (including phenoxy) is 1. The molecule has 1 fully saturated rings. The van der Waals surface area contributed by atoms with Crippen molar-refractivity contribution in [3.8, 4) is 0 Å². The summed E-state index contributed by atoms with van der Waals surface area (Å²) in [5, 5.41) is 1.58. The van der Waals surface area contributed by atoms with Crippen LogP contribution in [0.3, 0.4) is 0 Å². The number of amides is 1. The van der Waals surface area contributed by atoms with E-state index in [4.69, 9.17) is 9.57 Å². The van der Waals surface area contributed by atoms with Crippen LogP contribution in [0.5, 0.6) is 0 Å². The molecule has 0 saturated carbocycles. The van der Waals surface area contributed by atoms with Crippen molar-refractivity contribution in [1.29, 1.82) is 0 Å². The molecular weight excluding hydrogens is 174 g/mol. The van der Waals surface area contributed by atoms with Crippen molar-refractivity contribution in [2.45, 2.75) is 6.92 Å². The zero-order valence-electron chi connectivity index (χ0n) is 7.71. The van der Waals surface area contributed by atoms with Crippen molar-refractivity contribution in [2.75, 3.05) is 32.8 Å². The van der Waals surface area contributed by atoms with Gasteiger partial charge >= 0.3 is 6.09 Å². The van der Waals surface area contributed by atoms with Crippen molar-refractivity contribution in [3.05, 3.63) is 0 Å². The molecule has 6 heteroatoms. The van der Waals surface area contributed by atoms with Crippen molar-refractivity contribution in [1.82, 2.24) is 15.9 Å². The topological polar surface area (TPSA) is 62.8 Å². The summed E-state index contributed by atoms with van der Waals surface area (Å²) in [4.78, 5) is 15.9. The Kier molecular flexibility index (Phi) is 4.52. The summed E-state index contributed by atoms with van der Waals surface area (Å²) in [7, 11) is 0. The van der Waals surface area contributed by atoms with Gasteiger partial charge in [0.1, 0.15) is 0 Å². The minimum absolute atomic E-state index is 0.483. The molecule has 0 atom stereocenters. The molecule has 0 aromatic carbocycles. The molecule has 76 valence electrons. The molecule has 1 saturated heterocycles. The van der Waals surface area contributed by atoms with Crippen molar-refractivity contribution < 1.29 is 14.4 Å². The van der Waals surface area contributed by atoms with E-state index in [-0.39, 0.29) is 0 Å². The number of hydrogen-bond donors (Lipinski definition) is 2. The van der Waals surface area contributed by atoms with Crippen LogP contribution in [-0.2, 0) is 9.57 Å². The lowest BCUT2D eigenvalue weighted by Gasteiger charge is -2.24. The lowest BCUT2D eigenvalue weighted by atomic mass is 10.5. The second-order valence-electron chi connectivity index (χ2n) is 2.58. The van der Waals surface area contributed by atoms with Gasteiger partial charge in [-0.25, -0.2) is 10.2 Å². The highest BCUT2D eigenvalue weighted by Gasteiger charge is 2.14. The van der Waals surface area contributed by atoms with Gasteiger partial charge in [-0.1, -0.05) is 6.92 Å². The second-order valence-corrected chi connectivity index (χ2v) is 2.58. The first kappa shape index (κ1) is 10.2. The Labute approximate surface area is 77.1 Å². The first-order valence-electron chi connectivity index (χ1n) is 4.36. The lowest BCUT2D eigenvalue weighted by Crippen LogP contribution is -2.44. The van der Waals surface area contributed by atoms with Crippen LogP contribution in [0, 0.1) is 0 Å². The van der Waals surface area contributed by atoms with Crippen LogP contribution in [0.15, 0.2) is 0 Å². The Hall–Kier alpha value is -0.850. The molecule has 1 rings (SSSR count). The number of rotatable bonds is 3. The monoisotopic (exact) mass is 189 g/mol. The fourth-order valence-electron chi connectivity index (χ4n) is 0.939. The molecule has 6 nitrogen and oxygen atoms in total. The highest BCUT2D eigenvalue weighted by Crippen LogP contribution is 1.96. The third kappa shape index (κ3) is 4.07. The summed E-state index contributed by atoms with van der Waals surface area (Å²) in [5.41, 5.74) is 5.04. The van der Waals surface area contributed by atoms with E-state index in [1.807, 2.05) is 6.92 Å². The number of carbonyl (C=O) groups excluding carboxylic acids is 1. The van der Waals surface area contributed by atoms with Crippen LogP contribution in [0.1, 0.15) is 6.92 Å². The van der Waals surface area contributed by atoms with E-state index in [0.717, 1.165) is 0 Å². The number of hydrazine groups is 1. The first-order valence-corrected chi connectivity index (χ1v) is 4.36. The number of nitrogens with zero attached hydrogens (tertiary/aromatic N) is 1. The van der Waals surface area contributed by atoms with E-state index in [1.54, 1.807) is 5.06 Å². The standard InChI is InChI=1S/C7H15N3O3/c1-2-8-9-7(11)13-10-3-5-12-6-4-10/h8H,2-6H2,1H3,(H,9,11). The van der Waals surface area contributed by atoms with Gasteiger partial charge in [-0.3, -0.25) is 5.43 Å². The molecule has 0 aromatic rings. The molecule has 2 N–H and O–H groups in total. The van der Waals surface area contributed by atoms with Crippen LogP contribution in [-0.4, -0.2) is 44.0 Å². The fraction of sp³-hybridized carbons (Fsp3) is 0.857. The van der Waals surface area contributed by atoms with Gasteiger partial charge in [0.15, 0.2) is 0 Å². The van der Waals surface area contributed by atoms with Crippen LogP contribution in [0.4, 0.5) is 4.79 Å². The predicted octanol–water partition coefficient (Wildman–Crippen LogP) is -0.516. The number of nitrogens with one attached hydrogen (secondary N) is 2. The smallest absolute Gasteiger partial charge is 0.379 e. The van der Waals surface area contributed by atoms with Crippen LogP contribution >= 0.6 is 0 Å². The van der Waals surface area contributed by atoms with Crippen molar-refractivity contribution in [2.24, 2.45) is 0 Å². The molecule has 1 aliphatic heterocycles. The Balaban J connectivity index is 2.11. The average molecular weight is 189 g/mol. The van der Waals surface area contributed by atoms with Gasteiger partial charge in [0, 0.05) is 6.54 Å². The molecule has 0 aliphatic carbocycles. The molecule has 1 aliphatic rings. The number of hydrogen-bond acceptors (Lipinski definition) is 5. The quantitative estimate of drug-likeness (QED) is 0.585. The second kappa shape index (κ2) is 5.74. The van der Waals surface area contributed by atoms with Gasteiger partial charge in [0.25, 0.3) is 0 Å². The summed E-state index contributed by atoms with van der Waals surface area (Å²) < 4.78 is 5.09. The van der Waals surface area contributed by atoms with Crippen LogP contribution < -0.4 is 10.9 Å². The van der Waals surface area contributed by atoms with E-state index < -0.39 is 6.09 Å². The molecule has 1 amide bonds. The third-order valence-electron chi connectivity index (χ3n) is 1.55. The van der Waals surface area contributed by atoms with Crippen molar-refractivity contribution >= 4 is 6.09 Å². The molecule has 0 aromatic heterocycles. The molecule has 1 heterocycles. The predicted molar refractivity (Wildman–Crippen MR) is 45.7 cm³/mol. The first-order chi connectivity index (χ1) is 6.33. The molecule has 0 radical (unpaired) electrons. The highest BCUT2D eigenvalue weighted by atomic mass is 16.7. The Bertz CT molecular complexity index is 159. The normalized spacial score (nSPS) is 18.2. The van der Waals surface area contributed by atoms with Crippen LogP contribution in [0.2, 0.25) is 0 Å². The number of carbonyl (C=O) groups is 1. The van der Waals surface area contributed by atoms with E-state index >= 15 is 0 Å². The van der Waals surface area contributed by atoms with Gasteiger partial charge in [-0.05, 0) is 0 Å². The maximum absolute atomic E-state index is 11.0. The summed E-state index contributed by atoms with van der Waals surface area (Å²) in [6.45, 7) is 5.01. The summed E-state index contributed by atoms with van der Waals surface area (Å²) >= 11 is 0. The minimum atomic E-state index is -0.483. The highest BCUT2D eigenvalue weighted by molar-refractivity contribution is 5.66. The Morgan fingerprint density at radius 2 is 2.23 bits per heavy atom. The zero-order valence-corrected chi connectivity index (χ0v) is 7.71. The maximum atomic E-state index is 11.0. The van der Waals surface area contributed by atoms with Crippen molar-refractivity contribution in [3.63, 3.8) is 0 Å². The molecule has 0 bridgehead atoms. The van der Waals surface area contributed by atoms with E-state index in [0.29, 0.717) is 32.8 Å². The Morgan fingerprint density at radius 1 is 1.54 bits per heavy atom. The van der Waals surface area contributed by atoms with E-state index in [9.17, 15) is 4.79 Å². The number of morpholine rings is 1. The maximum Gasteiger partial charge on any atom is 0.440 e. The van der Waals surface area contributed by atoms with E-state index in [1.165, 1.54) is 0 Å². The summed E-state index contributed by atoms with van der Waals surface area (Å²) in [5.74, 6) is 0. The van der Waals surface area contributed by atoms with Gasteiger partial charge in [0.2, 0.25) is 0 Å². The molecular formula is C7H15N3O3. The Morgan fingerprint density at radius 3 is 2.85 bits per heavy atom. The van der Waals surface area contributed by atoms with Gasteiger partial charge in [0.05, 0.1) is 26.3 Å². The van der Waals surface area contributed by atoms with Crippen LogP contribution in [0.25, 0.3) is 0 Å². The largest absolute Gasteiger partial charge is 0.440 e. The minimum Gasteiger partial charge on any atom is -0.379 e. The molecule has 0 unspecified atom stereocenters. The van der Waals surface area contributed by atoms with Gasteiger partial charge < -0.3 is 9.57 Å².